The molecule has 1 atom stereocenters. The van der Waals surface area contributed by atoms with E-state index in [1.807, 2.05) is 6.92 Å². The molecular weight excluding hydrogens is 216 g/mol. The Hall–Kier alpha value is -0.940. The van der Waals surface area contributed by atoms with E-state index in [1.165, 1.54) is 12.8 Å². The van der Waals surface area contributed by atoms with Crippen LogP contribution in [0.5, 0.6) is 0 Å². The molecule has 2 rings (SSSR count). The minimum absolute atomic E-state index is 0.632. The van der Waals surface area contributed by atoms with Gasteiger partial charge in [0.05, 0.1) is 6.54 Å². The molecule has 5 heteroatoms. The highest BCUT2D eigenvalue weighted by molar-refractivity contribution is 4.87. The zero-order valence-corrected chi connectivity index (χ0v) is 10.8. The van der Waals surface area contributed by atoms with Gasteiger partial charge in [-0.2, -0.15) is 4.98 Å². The number of hydrogen-bond acceptors (Lipinski definition) is 5. The van der Waals surface area contributed by atoms with E-state index in [0.29, 0.717) is 6.04 Å². The topological polar surface area (TPSA) is 54.2 Å². The average molecular weight is 238 g/mol. The van der Waals surface area contributed by atoms with Crippen molar-refractivity contribution in [1.82, 2.24) is 20.4 Å². The molecular formula is C12H22N4O. The van der Waals surface area contributed by atoms with Crippen molar-refractivity contribution in [1.29, 1.82) is 0 Å². The van der Waals surface area contributed by atoms with E-state index in [9.17, 15) is 0 Å². The SMILES string of the molecule is CCc1nc(CN(CC)CC2CCCN2)no1. The van der Waals surface area contributed by atoms with Crippen LogP contribution < -0.4 is 5.32 Å². The van der Waals surface area contributed by atoms with Gasteiger partial charge in [0.15, 0.2) is 5.82 Å². The number of rotatable bonds is 6. The molecule has 0 aromatic carbocycles. The van der Waals surface area contributed by atoms with Crippen molar-refractivity contribution in [3.05, 3.63) is 11.7 Å². The fourth-order valence-electron chi connectivity index (χ4n) is 2.23. The smallest absolute Gasteiger partial charge is 0.226 e. The first-order valence-electron chi connectivity index (χ1n) is 6.59. The second-order valence-corrected chi connectivity index (χ2v) is 4.58. The Morgan fingerprint density at radius 2 is 2.35 bits per heavy atom. The standard InChI is InChI=1S/C12H22N4O/c1-3-12-14-11(15-17-12)9-16(4-2)8-10-6-5-7-13-10/h10,13H,3-9H2,1-2H3. The molecule has 0 amide bonds. The molecule has 1 aromatic rings. The molecule has 96 valence electrons. The molecule has 0 aliphatic carbocycles. The summed E-state index contributed by atoms with van der Waals surface area (Å²) in [5.41, 5.74) is 0. The summed E-state index contributed by atoms with van der Waals surface area (Å²) in [6, 6.07) is 0.632. The van der Waals surface area contributed by atoms with E-state index in [0.717, 1.165) is 44.3 Å². The molecule has 0 spiro atoms. The van der Waals surface area contributed by atoms with Crippen molar-refractivity contribution in [2.75, 3.05) is 19.6 Å². The second-order valence-electron chi connectivity index (χ2n) is 4.58. The lowest BCUT2D eigenvalue weighted by molar-refractivity contribution is 0.243. The van der Waals surface area contributed by atoms with Crippen molar-refractivity contribution in [3.63, 3.8) is 0 Å². The van der Waals surface area contributed by atoms with Crippen LogP contribution in [0.25, 0.3) is 0 Å². The van der Waals surface area contributed by atoms with Gasteiger partial charge in [-0.3, -0.25) is 4.90 Å². The molecule has 1 aliphatic rings. The lowest BCUT2D eigenvalue weighted by Crippen LogP contribution is -2.37. The number of aromatic nitrogens is 2. The maximum atomic E-state index is 5.13. The number of nitrogens with zero attached hydrogens (tertiary/aromatic N) is 3. The van der Waals surface area contributed by atoms with Crippen LogP contribution in [0.15, 0.2) is 4.52 Å². The van der Waals surface area contributed by atoms with E-state index >= 15 is 0 Å². The first-order chi connectivity index (χ1) is 8.31. The van der Waals surface area contributed by atoms with Gasteiger partial charge in [0.2, 0.25) is 5.89 Å². The average Bonchev–Trinajstić information content (AvgIpc) is 2.99. The zero-order valence-electron chi connectivity index (χ0n) is 10.8. The Morgan fingerprint density at radius 3 is 2.94 bits per heavy atom. The van der Waals surface area contributed by atoms with Crippen LogP contribution in [0.3, 0.4) is 0 Å². The molecule has 17 heavy (non-hydrogen) atoms. The maximum absolute atomic E-state index is 5.13. The second kappa shape index (κ2) is 6.12. The van der Waals surface area contributed by atoms with Crippen molar-refractivity contribution >= 4 is 0 Å². The third-order valence-electron chi connectivity index (χ3n) is 3.27. The fourth-order valence-corrected chi connectivity index (χ4v) is 2.23. The normalized spacial score (nSPS) is 20.3. The first-order valence-corrected chi connectivity index (χ1v) is 6.59. The third kappa shape index (κ3) is 3.51. The van der Waals surface area contributed by atoms with Crippen molar-refractivity contribution in [2.45, 2.75) is 45.7 Å². The van der Waals surface area contributed by atoms with Gasteiger partial charge < -0.3 is 9.84 Å². The van der Waals surface area contributed by atoms with Crippen LogP contribution in [0, 0.1) is 0 Å². The lowest BCUT2D eigenvalue weighted by Gasteiger charge is -2.22. The van der Waals surface area contributed by atoms with Crippen LogP contribution in [0.2, 0.25) is 0 Å². The monoisotopic (exact) mass is 238 g/mol. The molecule has 0 bridgehead atoms. The molecule has 5 nitrogen and oxygen atoms in total. The van der Waals surface area contributed by atoms with Crippen LogP contribution in [0.1, 0.15) is 38.4 Å². The van der Waals surface area contributed by atoms with Crippen molar-refractivity contribution < 1.29 is 4.52 Å². The van der Waals surface area contributed by atoms with Gasteiger partial charge in [0, 0.05) is 19.0 Å². The van der Waals surface area contributed by atoms with Crippen LogP contribution in [-0.4, -0.2) is 40.7 Å². The summed E-state index contributed by atoms with van der Waals surface area (Å²) in [5, 5.41) is 7.52. The van der Waals surface area contributed by atoms with Gasteiger partial charge in [0.1, 0.15) is 0 Å². The summed E-state index contributed by atoms with van der Waals surface area (Å²) in [6.07, 6.45) is 3.39. The Balaban J connectivity index is 1.85. The van der Waals surface area contributed by atoms with Gasteiger partial charge in [-0.15, -0.1) is 0 Å². The molecule has 1 aliphatic heterocycles. The Labute approximate surface area is 103 Å². The lowest BCUT2D eigenvalue weighted by atomic mass is 10.2. The largest absolute Gasteiger partial charge is 0.339 e. The third-order valence-corrected chi connectivity index (χ3v) is 3.27. The predicted octanol–water partition coefficient (Wildman–Crippen LogP) is 1.21. The van der Waals surface area contributed by atoms with E-state index in [2.05, 4.69) is 27.3 Å². The summed E-state index contributed by atoms with van der Waals surface area (Å²) < 4.78 is 5.13. The van der Waals surface area contributed by atoms with E-state index in [4.69, 9.17) is 4.52 Å². The molecule has 1 saturated heterocycles. The van der Waals surface area contributed by atoms with E-state index in [-0.39, 0.29) is 0 Å². The molecule has 1 unspecified atom stereocenters. The van der Waals surface area contributed by atoms with Gasteiger partial charge in [-0.1, -0.05) is 19.0 Å². The highest BCUT2D eigenvalue weighted by atomic mass is 16.5. The fraction of sp³-hybridized carbons (Fsp3) is 0.833. The quantitative estimate of drug-likeness (QED) is 0.807. The molecule has 1 N–H and O–H groups in total. The van der Waals surface area contributed by atoms with Gasteiger partial charge in [-0.25, -0.2) is 0 Å². The van der Waals surface area contributed by atoms with Crippen molar-refractivity contribution in [2.24, 2.45) is 0 Å². The summed E-state index contributed by atoms with van der Waals surface area (Å²) in [5.74, 6) is 1.54. The summed E-state index contributed by atoms with van der Waals surface area (Å²) in [4.78, 5) is 6.72. The van der Waals surface area contributed by atoms with Gasteiger partial charge >= 0.3 is 0 Å². The Kier molecular flexibility index (Phi) is 4.50. The summed E-state index contributed by atoms with van der Waals surface area (Å²) >= 11 is 0. The summed E-state index contributed by atoms with van der Waals surface area (Å²) in [6.45, 7) is 8.25. The molecule has 1 aromatic heterocycles. The highest BCUT2D eigenvalue weighted by Crippen LogP contribution is 2.09. The van der Waals surface area contributed by atoms with Crippen LogP contribution in [0.4, 0.5) is 0 Å². The van der Waals surface area contributed by atoms with Crippen molar-refractivity contribution in [3.8, 4) is 0 Å². The predicted molar refractivity (Wildman–Crippen MR) is 65.7 cm³/mol. The minimum Gasteiger partial charge on any atom is -0.339 e. The van der Waals surface area contributed by atoms with E-state index in [1.54, 1.807) is 0 Å². The number of aryl methyl sites for hydroxylation is 1. The van der Waals surface area contributed by atoms with Crippen LogP contribution >= 0.6 is 0 Å². The number of hydrogen-bond donors (Lipinski definition) is 1. The minimum atomic E-state index is 0.632. The van der Waals surface area contributed by atoms with Gasteiger partial charge in [0.25, 0.3) is 0 Å². The molecule has 2 heterocycles. The highest BCUT2D eigenvalue weighted by Gasteiger charge is 2.18. The Bertz CT molecular complexity index is 333. The summed E-state index contributed by atoms with van der Waals surface area (Å²) in [7, 11) is 0. The van der Waals surface area contributed by atoms with Gasteiger partial charge in [-0.05, 0) is 25.9 Å². The van der Waals surface area contributed by atoms with Crippen LogP contribution in [-0.2, 0) is 13.0 Å². The molecule has 1 fully saturated rings. The number of likely N-dealkylation sites (N-methyl/N-ethyl adjacent to an activating group) is 1. The molecule has 0 radical (unpaired) electrons. The first kappa shape index (κ1) is 12.5. The molecule has 0 saturated carbocycles. The Morgan fingerprint density at radius 1 is 1.47 bits per heavy atom. The van der Waals surface area contributed by atoms with E-state index < -0.39 is 0 Å². The number of nitrogens with one attached hydrogen (secondary N) is 1. The maximum Gasteiger partial charge on any atom is 0.226 e. The zero-order chi connectivity index (χ0) is 12.1.